The lowest BCUT2D eigenvalue weighted by Crippen LogP contribution is -2.29. The maximum absolute atomic E-state index is 11.7. The second-order valence-corrected chi connectivity index (χ2v) is 5.56. The van der Waals surface area contributed by atoms with Gasteiger partial charge in [-0.2, -0.15) is 5.10 Å². The Morgan fingerprint density at radius 3 is 2.76 bits per heavy atom. The van der Waals surface area contributed by atoms with Gasteiger partial charge in [0.15, 0.2) is 5.82 Å². The molecule has 1 aliphatic heterocycles. The zero-order valence-corrected chi connectivity index (χ0v) is 12.6. The molecular weight excluding hydrogens is 266 g/mol. The molecule has 3 rings (SSSR count). The third kappa shape index (κ3) is 2.66. The molecular formula is C15H19N5O. The summed E-state index contributed by atoms with van der Waals surface area (Å²) in [5, 5.41) is 7.18. The fourth-order valence-electron chi connectivity index (χ4n) is 2.83. The van der Waals surface area contributed by atoms with Crippen LogP contribution in [0.3, 0.4) is 0 Å². The molecule has 1 fully saturated rings. The first-order valence-corrected chi connectivity index (χ1v) is 7.20. The lowest BCUT2D eigenvalue weighted by molar-refractivity contribution is -0.129. The van der Waals surface area contributed by atoms with E-state index in [4.69, 9.17) is 0 Å². The third-order valence-corrected chi connectivity index (χ3v) is 3.80. The van der Waals surface area contributed by atoms with E-state index in [-0.39, 0.29) is 11.9 Å². The predicted octanol–water partition coefficient (Wildman–Crippen LogP) is 2.17. The first kappa shape index (κ1) is 13.7. The Balaban J connectivity index is 2.00. The smallest absolute Gasteiger partial charge is 0.220 e. The predicted molar refractivity (Wildman–Crippen MR) is 78.4 cm³/mol. The fraction of sp³-hybridized carbons (Fsp3) is 0.467. The minimum atomic E-state index is -0.0128. The van der Waals surface area contributed by atoms with Gasteiger partial charge in [0, 0.05) is 24.9 Å². The summed E-state index contributed by atoms with van der Waals surface area (Å²) in [6, 6.07) is 3.87. The molecule has 1 N–H and O–H groups in total. The van der Waals surface area contributed by atoms with Crippen LogP contribution in [0, 0.1) is 13.8 Å². The van der Waals surface area contributed by atoms with Crippen molar-refractivity contribution in [1.82, 2.24) is 25.1 Å². The molecule has 0 saturated carbocycles. The molecule has 6 heteroatoms. The van der Waals surface area contributed by atoms with Crippen LogP contribution >= 0.6 is 0 Å². The largest absolute Gasteiger partial charge is 0.333 e. The number of carbonyl (C=O) groups is 1. The van der Waals surface area contributed by atoms with Crippen molar-refractivity contribution >= 4 is 5.91 Å². The molecule has 1 atom stereocenters. The van der Waals surface area contributed by atoms with Gasteiger partial charge in [0.1, 0.15) is 5.69 Å². The second kappa shape index (κ2) is 5.27. The van der Waals surface area contributed by atoms with E-state index in [1.54, 1.807) is 6.92 Å². The van der Waals surface area contributed by atoms with Crippen molar-refractivity contribution < 1.29 is 4.79 Å². The summed E-state index contributed by atoms with van der Waals surface area (Å²) in [5.74, 6) is 0.804. The van der Waals surface area contributed by atoms with Crippen LogP contribution in [0.1, 0.15) is 43.0 Å². The molecule has 110 valence electrons. The molecule has 3 heterocycles. The van der Waals surface area contributed by atoms with Crippen molar-refractivity contribution in [2.45, 2.75) is 39.7 Å². The molecule has 1 unspecified atom stereocenters. The third-order valence-electron chi connectivity index (χ3n) is 3.80. The number of hydrogen-bond acceptors (Lipinski definition) is 4. The van der Waals surface area contributed by atoms with Gasteiger partial charge < -0.3 is 4.90 Å². The summed E-state index contributed by atoms with van der Waals surface area (Å²) in [5.41, 5.74) is 3.50. The Labute approximate surface area is 123 Å². The first-order valence-electron chi connectivity index (χ1n) is 7.20. The minimum absolute atomic E-state index is 0.0128. The highest BCUT2D eigenvalue weighted by molar-refractivity contribution is 5.74. The molecule has 0 spiro atoms. The highest BCUT2D eigenvalue weighted by Gasteiger charge is 2.30. The summed E-state index contributed by atoms with van der Waals surface area (Å²) >= 11 is 0. The number of H-pyrrole nitrogens is 1. The van der Waals surface area contributed by atoms with Crippen LogP contribution in [0.15, 0.2) is 12.1 Å². The van der Waals surface area contributed by atoms with Crippen molar-refractivity contribution in [2.24, 2.45) is 0 Å². The highest BCUT2D eigenvalue weighted by Crippen LogP contribution is 2.31. The van der Waals surface area contributed by atoms with Crippen molar-refractivity contribution in [2.75, 3.05) is 6.54 Å². The van der Waals surface area contributed by atoms with E-state index in [0.717, 1.165) is 48.0 Å². The number of nitrogens with one attached hydrogen (secondary N) is 1. The number of rotatable bonds is 2. The summed E-state index contributed by atoms with van der Waals surface area (Å²) < 4.78 is 0. The molecule has 0 aliphatic carbocycles. The quantitative estimate of drug-likeness (QED) is 0.917. The lowest BCUT2D eigenvalue weighted by Gasteiger charge is -2.22. The maximum atomic E-state index is 11.7. The van der Waals surface area contributed by atoms with E-state index >= 15 is 0 Å². The summed E-state index contributed by atoms with van der Waals surface area (Å²) in [7, 11) is 0. The minimum Gasteiger partial charge on any atom is -0.333 e. The van der Waals surface area contributed by atoms with Gasteiger partial charge in [0.05, 0.1) is 11.7 Å². The van der Waals surface area contributed by atoms with E-state index in [1.807, 2.05) is 30.9 Å². The summed E-state index contributed by atoms with van der Waals surface area (Å²) in [4.78, 5) is 22.8. The average Bonchev–Trinajstić information content (AvgIpc) is 3.06. The number of nitrogens with zero attached hydrogens (tertiary/aromatic N) is 4. The number of aromatic amines is 1. The van der Waals surface area contributed by atoms with Gasteiger partial charge in [-0.3, -0.25) is 9.89 Å². The van der Waals surface area contributed by atoms with Crippen molar-refractivity contribution in [3.63, 3.8) is 0 Å². The molecule has 1 saturated heterocycles. The molecule has 2 aromatic rings. The second-order valence-electron chi connectivity index (χ2n) is 5.56. The Hall–Kier alpha value is -2.24. The van der Waals surface area contributed by atoms with Crippen LogP contribution < -0.4 is 0 Å². The van der Waals surface area contributed by atoms with Crippen molar-refractivity contribution in [3.05, 3.63) is 29.3 Å². The highest BCUT2D eigenvalue weighted by atomic mass is 16.2. The van der Waals surface area contributed by atoms with Crippen LogP contribution in [0.2, 0.25) is 0 Å². The molecule has 0 aromatic carbocycles. The molecule has 1 amide bonds. The number of aromatic nitrogens is 4. The Morgan fingerprint density at radius 2 is 2.10 bits per heavy atom. The zero-order valence-electron chi connectivity index (χ0n) is 12.6. The van der Waals surface area contributed by atoms with Gasteiger partial charge in [-0.15, -0.1) is 0 Å². The van der Waals surface area contributed by atoms with E-state index in [1.165, 1.54) is 0 Å². The van der Waals surface area contributed by atoms with Crippen LogP contribution in [-0.4, -0.2) is 37.5 Å². The van der Waals surface area contributed by atoms with E-state index in [0.29, 0.717) is 0 Å². The number of likely N-dealkylation sites (tertiary alicyclic amines) is 1. The average molecular weight is 285 g/mol. The number of aryl methyl sites for hydroxylation is 2. The van der Waals surface area contributed by atoms with Crippen LogP contribution in [0.5, 0.6) is 0 Å². The Morgan fingerprint density at radius 1 is 1.29 bits per heavy atom. The first-order chi connectivity index (χ1) is 10.0. The van der Waals surface area contributed by atoms with Crippen molar-refractivity contribution in [3.8, 4) is 11.4 Å². The van der Waals surface area contributed by atoms with Gasteiger partial charge >= 0.3 is 0 Å². The topological polar surface area (TPSA) is 74.8 Å². The number of hydrogen-bond donors (Lipinski definition) is 1. The van der Waals surface area contributed by atoms with Crippen molar-refractivity contribution in [1.29, 1.82) is 0 Å². The molecule has 2 aromatic heterocycles. The summed E-state index contributed by atoms with van der Waals surface area (Å²) in [6.07, 6.45) is 1.92. The summed E-state index contributed by atoms with van der Waals surface area (Å²) in [6.45, 7) is 6.29. The number of carbonyl (C=O) groups excluding carboxylic acids is 1. The molecule has 1 aliphatic rings. The van der Waals surface area contributed by atoms with Gasteiger partial charge in [0.25, 0.3) is 0 Å². The van der Waals surface area contributed by atoms with Gasteiger partial charge in [-0.25, -0.2) is 9.97 Å². The number of amides is 1. The molecule has 6 nitrogen and oxygen atoms in total. The van der Waals surface area contributed by atoms with Crippen LogP contribution in [-0.2, 0) is 4.79 Å². The molecule has 0 bridgehead atoms. The van der Waals surface area contributed by atoms with E-state index < -0.39 is 0 Å². The van der Waals surface area contributed by atoms with Crippen LogP contribution in [0.25, 0.3) is 11.4 Å². The zero-order chi connectivity index (χ0) is 15.0. The Bertz CT molecular complexity index is 678. The maximum Gasteiger partial charge on any atom is 0.220 e. The Kier molecular flexibility index (Phi) is 3.45. The van der Waals surface area contributed by atoms with Crippen LogP contribution in [0.4, 0.5) is 0 Å². The lowest BCUT2D eigenvalue weighted by atomic mass is 10.1. The van der Waals surface area contributed by atoms with Gasteiger partial charge in [0.2, 0.25) is 5.91 Å². The molecule has 21 heavy (non-hydrogen) atoms. The molecule has 0 radical (unpaired) electrons. The van der Waals surface area contributed by atoms with E-state index in [9.17, 15) is 4.79 Å². The van der Waals surface area contributed by atoms with Gasteiger partial charge in [-0.05, 0) is 38.8 Å². The SMILES string of the molecule is CC(=O)N1CCCC1c1nc(C)cc(-c2cc(C)[nH]n2)n1. The monoisotopic (exact) mass is 285 g/mol. The fourth-order valence-corrected chi connectivity index (χ4v) is 2.83. The van der Waals surface area contributed by atoms with Gasteiger partial charge in [-0.1, -0.05) is 0 Å². The normalized spacial score (nSPS) is 18.2. The van der Waals surface area contributed by atoms with E-state index in [2.05, 4.69) is 20.2 Å². The standard InChI is InChI=1S/C15H19N5O/c1-9-7-12(13-8-10(2)18-19-13)17-15(16-9)14-5-4-6-20(14)11(3)21/h7-8,14H,4-6H2,1-3H3,(H,18,19).